The van der Waals surface area contributed by atoms with Gasteiger partial charge in [-0.3, -0.25) is 37.3 Å². The van der Waals surface area contributed by atoms with E-state index in [1.54, 1.807) is 0 Å². The normalized spacial score (nSPS) is 13.9. The van der Waals surface area contributed by atoms with Crippen LogP contribution in [0, 0.1) is 0 Å². The van der Waals surface area contributed by atoms with Crippen molar-refractivity contribution in [1.82, 2.24) is 0 Å². The van der Waals surface area contributed by atoms with E-state index < -0.39 is 97.5 Å². The summed E-state index contributed by atoms with van der Waals surface area (Å²) in [5.74, 6) is -2.12. The van der Waals surface area contributed by atoms with Crippen molar-refractivity contribution in [2.75, 3.05) is 39.6 Å². The minimum atomic E-state index is -4.95. The van der Waals surface area contributed by atoms with Gasteiger partial charge < -0.3 is 33.8 Å². The van der Waals surface area contributed by atoms with Crippen LogP contribution >= 0.6 is 15.6 Å². The maximum absolute atomic E-state index is 13.1. The fourth-order valence-electron chi connectivity index (χ4n) is 11.2. The fraction of sp³-hybridized carbons (Fsp3) is 0.945. The van der Waals surface area contributed by atoms with Crippen LogP contribution in [0.2, 0.25) is 0 Å². The monoisotopic (exact) mass is 1350 g/mol. The van der Waals surface area contributed by atoms with Crippen LogP contribution in [0.4, 0.5) is 0 Å². The van der Waals surface area contributed by atoms with Gasteiger partial charge in [0, 0.05) is 25.7 Å². The molecule has 2 unspecified atom stereocenters. The Balaban J connectivity index is 5.18. The molecule has 19 heteroatoms. The molecule has 17 nitrogen and oxygen atoms in total. The van der Waals surface area contributed by atoms with Crippen LogP contribution in [0.1, 0.15) is 387 Å². The quantitative estimate of drug-likeness (QED) is 0.0222. The van der Waals surface area contributed by atoms with Gasteiger partial charge in [0.2, 0.25) is 0 Å². The molecule has 0 rings (SSSR count). The topological polar surface area (TPSA) is 237 Å². The summed E-state index contributed by atoms with van der Waals surface area (Å²) in [6.07, 6.45) is 57.0. The number of hydrogen-bond acceptors (Lipinski definition) is 15. The molecule has 0 spiro atoms. The smallest absolute Gasteiger partial charge is 0.462 e. The lowest BCUT2D eigenvalue weighted by Gasteiger charge is -2.21. The van der Waals surface area contributed by atoms with E-state index in [1.165, 1.54) is 205 Å². The minimum Gasteiger partial charge on any atom is -0.462 e. The summed E-state index contributed by atoms with van der Waals surface area (Å²) in [7, 11) is -9.90. The van der Waals surface area contributed by atoms with Crippen molar-refractivity contribution in [3.63, 3.8) is 0 Å². The molecule has 0 saturated carbocycles. The summed E-state index contributed by atoms with van der Waals surface area (Å²) in [5.41, 5.74) is 0. The van der Waals surface area contributed by atoms with E-state index >= 15 is 0 Å². The first-order valence-corrected chi connectivity index (χ1v) is 41.3. The lowest BCUT2D eigenvalue weighted by atomic mass is 10.0. The van der Waals surface area contributed by atoms with Crippen LogP contribution in [0.15, 0.2) is 0 Å². The van der Waals surface area contributed by atoms with Gasteiger partial charge in [0.15, 0.2) is 12.2 Å². The first kappa shape index (κ1) is 90.1. The number of hydrogen-bond donors (Lipinski definition) is 3. The SMILES string of the molecule is CCCCCCCCCCCCCCCCCCCC(=O)OC[C@H](COP(=O)(O)OC[C@@H](O)COP(=O)(O)OC[C@@H](COC(=O)CCCCCCCCC)OC(=O)CCCCCCCCCCCCC)OC(=O)CCCCCCCCCCCCCCCCCCC. The highest BCUT2D eigenvalue weighted by Crippen LogP contribution is 2.45. The maximum atomic E-state index is 13.1. The number of rotatable bonds is 74. The third-order valence-corrected chi connectivity index (χ3v) is 19.0. The summed E-state index contributed by atoms with van der Waals surface area (Å²) in [5, 5.41) is 10.6. The predicted octanol–water partition coefficient (Wildman–Crippen LogP) is 21.4. The zero-order chi connectivity index (χ0) is 67.5. The highest BCUT2D eigenvalue weighted by atomic mass is 31.2. The Labute approximate surface area is 562 Å². The second-order valence-electron chi connectivity index (χ2n) is 26.3. The molecule has 0 radical (unpaired) electrons. The summed E-state index contributed by atoms with van der Waals surface area (Å²) in [4.78, 5) is 72.5. The lowest BCUT2D eigenvalue weighted by Crippen LogP contribution is -2.30. The lowest BCUT2D eigenvalue weighted by molar-refractivity contribution is -0.161. The average Bonchev–Trinajstić information content (AvgIpc) is 3.67. The Kier molecular flexibility index (Phi) is 66.2. The maximum Gasteiger partial charge on any atom is 0.472 e. The summed E-state index contributed by atoms with van der Waals surface area (Å²) in [6, 6.07) is 0. The van der Waals surface area contributed by atoms with Crippen molar-refractivity contribution in [3.05, 3.63) is 0 Å². The van der Waals surface area contributed by atoms with E-state index in [2.05, 4.69) is 27.7 Å². The van der Waals surface area contributed by atoms with Gasteiger partial charge in [0.25, 0.3) is 0 Å². The van der Waals surface area contributed by atoms with Crippen molar-refractivity contribution in [3.8, 4) is 0 Å². The first-order valence-electron chi connectivity index (χ1n) is 38.3. The summed E-state index contributed by atoms with van der Waals surface area (Å²) < 4.78 is 68.3. The number of ether oxygens (including phenoxy) is 4. The standard InChI is InChI=1S/C73H142O17P2/c1-5-9-13-17-21-24-27-29-31-33-35-37-40-42-46-50-54-58-71(76)84-64-69(90-73(78)60-56-52-48-44-41-38-36-34-32-30-28-25-22-18-14-10-6-2)66-88-92(81,82)86-62-67(74)61-85-91(79,80)87-65-68(63-83-70(75)57-53-49-45-20-16-12-8-4)89-72(77)59-55-51-47-43-39-26-23-19-15-11-7-3/h67-69,74H,5-66H2,1-4H3,(H,79,80)(H,81,82)/t67-,68+,69+/m0/s1. The van der Waals surface area contributed by atoms with Gasteiger partial charge in [0.1, 0.15) is 19.3 Å². The Morgan fingerprint density at radius 3 is 0.641 bits per heavy atom. The van der Waals surface area contributed by atoms with E-state index in [-0.39, 0.29) is 25.7 Å². The number of aliphatic hydroxyl groups is 1. The average molecular weight is 1350 g/mol. The number of unbranched alkanes of at least 4 members (excludes halogenated alkanes) is 48. The van der Waals surface area contributed by atoms with Crippen molar-refractivity contribution in [2.24, 2.45) is 0 Å². The predicted molar refractivity (Wildman–Crippen MR) is 372 cm³/mol. The van der Waals surface area contributed by atoms with Gasteiger partial charge in [-0.1, -0.05) is 336 Å². The fourth-order valence-corrected chi connectivity index (χ4v) is 12.8. The molecule has 3 N–H and O–H groups in total. The summed E-state index contributed by atoms with van der Waals surface area (Å²) in [6.45, 7) is 4.93. The van der Waals surface area contributed by atoms with Crippen molar-refractivity contribution in [2.45, 2.75) is 406 Å². The molecule has 0 saturated heterocycles. The van der Waals surface area contributed by atoms with Gasteiger partial charge in [0.05, 0.1) is 26.4 Å². The van der Waals surface area contributed by atoms with Crippen LogP contribution in [0.3, 0.4) is 0 Å². The van der Waals surface area contributed by atoms with E-state index in [0.717, 1.165) is 103 Å². The van der Waals surface area contributed by atoms with Crippen LogP contribution < -0.4 is 0 Å². The molecule has 92 heavy (non-hydrogen) atoms. The zero-order valence-corrected chi connectivity index (χ0v) is 61.3. The molecule has 0 aliphatic rings. The molecule has 0 aliphatic carbocycles. The number of esters is 4. The van der Waals surface area contributed by atoms with Gasteiger partial charge >= 0.3 is 39.5 Å². The molecule has 0 aromatic rings. The largest absolute Gasteiger partial charge is 0.472 e. The van der Waals surface area contributed by atoms with Gasteiger partial charge in [-0.2, -0.15) is 0 Å². The molecular weight excluding hydrogens is 1210 g/mol. The molecule has 0 fully saturated rings. The highest BCUT2D eigenvalue weighted by molar-refractivity contribution is 7.47. The number of carbonyl (C=O) groups excluding carboxylic acids is 4. The number of aliphatic hydroxyl groups excluding tert-OH is 1. The van der Waals surface area contributed by atoms with Crippen molar-refractivity contribution < 1.29 is 80.2 Å². The second-order valence-corrected chi connectivity index (χ2v) is 29.2. The van der Waals surface area contributed by atoms with Crippen LogP contribution in [0.5, 0.6) is 0 Å². The molecule has 0 aliphatic heterocycles. The first-order chi connectivity index (χ1) is 44.7. The molecule has 546 valence electrons. The van der Waals surface area contributed by atoms with E-state index in [9.17, 15) is 43.2 Å². The Morgan fingerprint density at radius 2 is 0.435 bits per heavy atom. The molecule has 0 heterocycles. The van der Waals surface area contributed by atoms with E-state index in [0.29, 0.717) is 25.7 Å². The zero-order valence-electron chi connectivity index (χ0n) is 59.5. The molecule has 5 atom stereocenters. The van der Waals surface area contributed by atoms with E-state index in [4.69, 9.17) is 37.0 Å². The van der Waals surface area contributed by atoms with Crippen molar-refractivity contribution >= 4 is 39.5 Å². The van der Waals surface area contributed by atoms with Crippen LogP contribution in [-0.4, -0.2) is 96.7 Å². The van der Waals surface area contributed by atoms with Gasteiger partial charge in [-0.05, 0) is 25.7 Å². The molecule has 0 aromatic carbocycles. The highest BCUT2D eigenvalue weighted by Gasteiger charge is 2.30. The van der Waals surface area contributed by atoms with E-state index in [1.807, 2.05) is 0 Å². The molecule has 0 amide bonds. The number of phosphoric ester groups is 2. The van der Waals surface area contributed by atoms with Gasteiger partial charge in [-0.15, -0.1) is 0 Å². The Bertz CT molecular complexity index is 1760. The third kappa shape index (κ3) is 66.7. The second kappa shape index (κ2) is 67.6. The molecule has 0 aromatic heterocycles. The van der Waals surface area contributed by atoms with Crippen LogP contribution in [0.25, 0.3) is 0 Å². The minimum absolute atomic E-state index is 0.107. The molecular formula is C73H142O17P2. The van der Waals surface area contributed by atoms with Crippen molar-refractivity contribution in [1.29, 1.82) is 0 Å². The number of carbonyl (C=O) groups is 4. The van der Waals surface area contributed by atoms with Gasteiger partial charge in [-0.25, -0.2) is 9.13 Å². The summed E-state index contributed by atoms with van der Waals surface area (Å²) >= 11 is 0. The Hall–Kier alpha value is -1.94. The third-order valence-electron chi connectivity index (χ3n) is 17.1. The Morgan fingerprint density at radius 1 is 0.261 bits per heavy atom. The molecule has 0 bridgehead atoms. The number of phosphoric acid groups is 2. The van der Waals surface area contributed by atoms with Crippen LogP contribution in [-0.2, 0) is 65.4 Å².